The van der Waals surface area contributed by atoms with Crippen molar-refractivity contribution in [2.45, 2.75) is 16.6 Å². The number of hydrogen-bond donors (Lipinski definition) is 2. The summed E-state index contributed by atoms with van der Waals surface area (Å²) < 4.78 is 35.8. The molecule has 3 rings (SSSR count). The molecule has 2 heterocycles. The number of furan rings is 1. The Morgan fingerprint density at radius 3 is 2.57 bits per heavy atom. The van der Waals surface area contributed by atoms with Gasteiger partial charge in [-0.2, -0.15) is 0 Å². The molecule has 0 fully saturated rings. The minimum absolute atomic E-state index is 0.234. The van der Waals surface area contributed by atoms with Crippen molar-refractivity contribution >= 4 is 17.7 Å². The quantitative estimate of drug-likeness (QED) is 0.477. The van der Waals surface area contributed by atoms with Crippen LogP contribution in [0.15, 0.2) is 38.7 Å². The van der Waals surface area contributed by atoms with E-state index in [2.05, 4.69) is 10.2 Å². The Bertz CT molecular complexity index is 995. The van der Waals surface area contributed by atoms with Gasteiger partial charge in [0.2, 0.25) is 0 Å². The van der Waals surface area contributed by atoms with Crippen LogP contribution in [0.3, 0.4) is 0 Å². The molecule has 1 aromatic carbocycles. The van der Waals surface area contributed by atoms with Crippen LogP contribution in [-0.2, 0) is 13.6 Å². The first-order valence-electron chi connectivity index (χ1n) is 8.04. The Hall–Kier alpha value is -2.76. The van der Waals surface area contributed by atoms with Gasteiger partial charge in [0.25, 0.3) is 5.91 Å². The molecule has 1 amide bonds. The number of benzene rings is 1. The van der Waals surface area contributed by atoms with Crippen LogP contribution in [0.2, 0.25) is 0 Å². The summed E-state index contributed by atoms with van der Waals surface area (Å²) in [5.41, 5.74) is 0.987. The summed E-state index contributed by atoms with van der Waals surface area (Å²) in [6.07, 6.45) is 0. The highest BCUT2D eigenvalue weighted by Crippen LogP contribution is 2.33. The Labute approximate surface area is 163 Å². The van der Waals surface area contributed by atoms with Gasteiger partial charge in [0.1, 0.15) is 17.4 Å². The van der Waals surface area contributed by atoms with E-state index in [0.29, 0.717) is 18.1 Å². The van der Waals surface area contributed by atoms with Crippen molar-refractivity contribution in [2.24, 2.45) is 7.05 Å². The molecule has 2 aromatic heterocycles. The summed E-state index contributed by atoms with van der Waals surface area (Å²) in [6, 6.07) is 5.23. The summed E-state index contributed by atoms with van der Waals surface area (Å²) in [6.45, 7) is 0.615. The maximum atomic E-state index is 14.3. The number of nitrogens with one attached hydrogen (secondary N) is 1. The Morgan fingerprint density at radius 1 is 1.29 bits per heavy atom. The molecule has 28 heavy (non-hydrogen) atoms. The number of rotatable bonds is 6. The fourth-order valence-corrected chi connectivity index (χ4v) is 3.26. The number of amides is 1. The molecule has 0 unspecified atom stereocenters. The van der Waals surface area contributed by atoms with Crippen molar-refractivity contribution in [2.75, 3.05) is 14.1 Å². The average Bonchev–Trinajstić information content (AvgIpc) is 3.23. The van der Waals surface area contributed by atoms with E-state index < -0.39 is 17.5 Å². The topological polar surface area (TPSA) is 96.4 Å². The maximum absolute atomic E-state index is 14.3. The van der Waals surface area contributed by atoms with Gasteiger partial charge in [0.15, 0.2) is 16.7 Å². The van der Waals surface area contributed by atoms with Gasteiger partial charge in [0.05, 0.1) is 11.4 Å². The van der Waals surface area contributed by atoms with Crippen molar-refractivity contribution in [3.63, 3.8) is 0 Å². The van der Waals surface area contributed by atoms with Gasteiger partial charge in [-0.25, -0.2) is 14.3 Å². The van der Waals surface area contributed by atoms with Crippen molar-refractivity contribution in [3.8, 4) is 11.6 Å². The molecule has 0 saturated carbocycles. The van der Waals surface area contributed by atoms with Gasteiger partial charge in [-0.1, -0.05) is 0 Å². The van der Waals surface area contributed by atoms with Crippen molar-refractivity contribution in [1.82, 2.24) is 25.1 Å². The van der Waals surface area contributed by atoms with E-state index in [-0.39, 0.29) is 15.6 Å². The van der Waals surface area contributed by atoms with E-state index in [9.17, 15) is 13.6 Å². The zero-order chi connectivity index (χ0) is 20.4. The lowest BCUT2D eigenvalue weighted by Crippen LogP contribution is -2.19. The smallest absolute Gasteiger partial charge is 0.274 e. The second-order valence-corrected chi connectivity index (χ2v) is 7.16. The summed E-state index contributed by atoms with van der Waals surface area (Å²) in [5.74, 6) is -1.30. The summed E-state index contributed by atoms with van der Waals surface area (Å²) in [5, 5.41) is 16.8. The number of nitrogens with zero attached hydrogens (tertiary/aromatic N) is 4. The fraction of sp³-hybridized carbons (Fsp3) is 0.235. The molecule has 0 saturated heterocycles. The van der Waals surface area contributed by atoms with Crippen LogP contribution < -0.4 is 5.48 Å². The number of carbonyl (C=O) groups is 1. The Kier molecular flexibility index (Phi) is 5.77. The van der Waals surface area contributed by atoms with Gasteiger partial charge in [0, 0.05) is 12.6 Å². The molecule has 0 atom stereocenters. The van der Waals surface area contributed by atoms with Crippen LogP contribution in [0.5, 0.6) is 0 Å². The zero-order valence-electron chi connectivity index (χ0n) is 15.2. The molecule has 148 valence electrons. The standard InChI is InChI=1S/C17H17F2N5O3S/c1-23(2)8-10-4-5-13(27-10)15-20-21-17(24(15)3)28-14-11(18)6-9(7-12(14)19)16(25)22-26/h4-7,26H,8H2,1-3H3,(H,22,25). The third-order valence-electron chi connectivity index (χ3n) is 3.74. The number of halogens is 2. The van der Waals surface area contributed by atoms with Crippen molar-refractivity contribution in [3.05, 3.63) is 47.2 Å². The Balaban J connectivity index is 1.87. The number of aromatic nitrogens is 3. The van der Waals surface area contributed by atoms with E-state index in [0.717, 1.165) is 29.7 Å². The predicted octanol–water partition coefficient (Wildman–Crippen LogP) is 2.69. The van der Waals surface area contributed by atoms with Crippen LogP contribution in [0.25, 0.3) is 11.6 Å². The third-order valence-corrected chi connectivity index (χ3v) is 4.88. The van der Waals surface area contributed by atoms with Gasteiger partial charge in [-0.05, 0) is 50.1 Å². The second kappa shape index (κ2) is 8.09. The molecule has 0 bridgehead atoms. The van der Waals surface area contributed by atoms with E-state index in [1.54, 1.807) is 17.7 Å². The van der Waals surface area contributed by atoms with Crippen molar-refractivity contribution in [1.29, 1.82) is 0 Å². The molecule has 0 spiro atoms. The summed E-state index contributed by atoms with van der Waals surface area (Å²) >= 11 is 0.724. The van der Waals surface area contributed by atoms with Gasteiger partial charge < -0.3 is 13.9 Å². The first kappa shape index (κ1) is 20.0. The fourth-order valence-electron chi connectivity index (χ4n) is 2.46. The molecule has 0 aliphatic heterocycles. The lowest BCUT2D eigenvalue weighted by molar-refractivity contribution is 0.0705. The zero-order valence-corrected chi connectivity index (χ0v) is 16.0. The van der Waals surface area contributed by atoms with Crippen molar-refractivity contribution < 1.29 is 23.2 Å². The van der Waals surface area contributed by atoms with E-state index in [4.69, 9.17) is 9.62 Å². The summed E-state index contributed by atoms with van der Waals surface area (Å²) in [4.78, 5) is 12.9. The van der Waals surface area contributed by atoms with Crippen LogP contribution in [0.4, 0.5) is 8.78 Å². The number of carbonyl (C=O) groups excluding carboxylic acids is 1. The second-order valence-electron chi connectivity index (χ2n) is 6.18. The first-order valence-corrected chi connectivity index (χ1v) is 8.86. The average molecular weight is 409 g/mol. The lowest BCUT2D eigenvalue weighted by atomic mass is 10.2. The van der Waals surface area contributed by atoms with Crippen LogP contribution in [0.1, 0.15) is 16.1 Å². The van der Waals surface area contributed by atoms with Gasteiger partial charge in [-0.3, -0.25) is 10.0 Å². The van der Waals surface area contributed by atoms with E-state index in [1.807, 2.05) is 25.1 Å². The monoisotopic (exact) mass is 409 g/mol. The molecule has 0 radical (unpaired) electrons. The van der Waals surface area contributed by atoms with Gasteiger partial charge >= 0.3 is 0 Å². The number of hydrogen-bond acceptors (Lipinski definition) is 7. The molecule has 8 nitrogen and oxygen atoms in total. The molecule has 11 heteroatoms. The third kappa shape index (κ3) is 4.06. The minimum atomic E-state index is -1.01. The molecule has 0 aliphatic carbocycles. The molecule has 3 aromatic rings. The molecule has 0 aliphatic rings. The highest BCUT2D eigenvalue weighted by Gasteiger charge is 2.20. The Morgan fingerprint density at radius 2 is 1.96 bits per heavy atom. The van der Waals surface area contributed by atoms with E-state index >= 15 is 0 Å². The predicted molar refractivity (Wildman–Crippen MR) is 95.8 cm³/mol. The van der Waals surface area contributed by atoms with Crippen LogP contribution >= 0.6 is 11.8 Å². The molecule has 2 N–H and O–H groups in total. The van der Waals surface area contributed by atoms with E-state index in [1.165, 1.54) is 5.48 Å². The highest BCUT2D eigenvalue weighted by molar-refractivity contribution is 7.99. The minimum Gasteiger partial charge on any atom is -0.456 e. The van der Waals surface area contributed by atoms with Crippen LogP contribution in [-0.4, -0.2) is 44.9 Å². The van der Waals surface area contributed by atoms with Gasteiger partial charge in [-0.15, -0.1) is 10.2 Å². The SMILES string of the molecule is CN(C)Cc1ccc(-c2nnc(Sc3c(F)cc(C(=O)NO)cc3F)n2C)o1. The first-order chi connectivity index (χ1) is 13.3. The molecular weight excluding hydrogens is 392 g/mol. The van der Waals surface area contributed by atoms with Crippen LogP contribution in [0, 0.1) is 11.6 Å². The summed E-state index contributed by atoms with van der Waals surface area (Å²) in [7, 11) is 5.48. The number of hydroxylamine groups is 1. The largest absolute Gasteiger partial charge is 0.456 e. The molecular formula is C17H17F2N5O3S. The maximum Gasteiger partial charge on any atom is 0.274 e. The lowest BCUT2D eigenvalue weighted by Gasteiger charge is -2.07. The highest BCUT2D eigenvalue weighted by atomic mass is 32.2. The normalized spacial score (nSPS) is 11.2.